The third kappa shape index (κ3) is 5.66. The minimum atomic E-state index is -0.0187. The number of halogens is 1. The molecule has 0 bridgehead atoms. The Balaban J connectivity index is 0.00000242. The molecule has 22 heavy (non-hydrogen) atoms. The number of rotatable bonds is 6. The predicted molar refractivity (Wildman–Crippen MR) is 89.9 cm³/mol. The molecule has 2 rings (SSSR count). The van der Waals surface area contributed by atoms with Gasteiger partial charge in [0.2, 0.25) is 11.8 Å². The van der Waals surface area contributed by atoms with E-state index in [1.807, 2.05) is 36.1 Å². The number of nitrogens with two attached hydrogens (primary N) is 1. The zero-order valence-corrected chi connectivity index (χ0v) is 13.7. The lowest BCUT2D eigenvalue weighted by molar-refractivity contribution is -0.128. The van der Waals surface area contributed by atoms with Gasteiger partial charge in [0.15, 0.2) is 0 Å². The predicted octanol–water partition coefficient (Wildman–Crippen LogP) is 2.30. The van der Waals surface area contributed by atoms with Gasteiger partial charge in [-0.05, 0) is 37.5 Å². The van der Waals surface area contributed by atoms with Crippen LogP contribution in [0.3, 0.4) is 0 Å². The van der Waals surface area contributed by atoms with E-state index in [1.54, 1.807) is 0 Å². The Bertz CT molecular complexity index is 503. The topological polar surface area (TPSA) is 75.4 Å². The first kappa shape index (κ1) is 18.5. The van der Waals surface area contributed by atoms with Crippen molar-refractivity contribution in [3.8, 4) is 0 Å². The van der Waals surface area contributed by atoms with Gasteiger partial charge in [0.1, 0.15) is 0 Å². The molecule has 1 aliphatic heterocycles. The summed E-state index contributed by atoms with van der Waals surface area (Å²) in [7, 11) is 0. The molecule has 2 amide bonds. The summed E-state index contributed by atoms with van der Waals surface area (Å²) in [4.78, 5) is 25.2. The first-order valence-electron chi connectivity index (χ1n) is 7.47. The highest BCUT2D eigenvalue weighted by Crippen LogP contribution is 2.16. The van der Waals surface area contributed by atoms with Crippen LogP contribution in [-0.2, 0) is 16.1 Å². The second-order valence-electron chi connectivity index (χ2n) is 5.68. The van der Waals surface area contributed by atoms with Crippen LogP contribution in [0, 0.1) is 0 Å². The lowest BCUT2D eigenvalue weighted by Crippen LogP contribution is -2.23. The largest absolute Gasteiger partial charge is 0.338 e. The van der Waals surface area contributed by atoms with Gasteiger partial charge in [0.25, 0.3) is 0 Å². The summed E-state index contributed by atoms with van der Waals surface area (Å²) < 4.78 is 0. The average molecular weight is 326 g/mol. The quantitative estimate of drug-likeness (QED) is 0.842. The van der Waals surface area contributed by atoms with Crippen molar-refractivity contribution in [2.75, 3.05) is 11.9 Å². The second-order valence-corrected chi connectivity index (χ2v) is 5.68. The summed E-state index contributed by atoms with van der Waals surface area (Å²) in [6.07, 6.45) is 2.73. The van der Waals surface area contributed by atoms with E-state index in [2.05, 4.69) is 5.32 Å². The lowest BCUT2D eigenvalue weighted by atomic mass is 10.1. The lowest BCUT2D eigenvalue weighted by Gasteiger charge is -2.15. The first-order valence-corrected chi connectivity index (χ1v) is 7.47. The van der Waals surface area contributed by atoms with Gasteiger partial charge < -0.3 is 16.0 Å². The van der Waals surface area contributed by atoms with Crippen LogP contribution in [0.2, 0.25) is 0 Å². The summed E-state index contributed by atoms with van der Waals surface area (Å²) in [5.74, 6) is 0.207. The molecular weight excluding hydrogens is 302 g/mol. The molecule has 0 spiro atoms. The molecule has 122 valence electrons. The number of benzene rings is 1. The molecule has 1 heterocycles. The zero-order chi connectivity index (χ0) is 15.2. The maximum absolute atomic E-state index is 11.7. The Morgan fingerprint density at radius 1 is 1.36 bits per heavy atom. The number of carbonyl (C=O) groups is 2. The van der Waals surface area contributed by atoms with Crippen molar-refractivity contribution in [3.05, 3.63) is 29.8 Å². The van der Waals surface area contributed by atoms with Gasteiger partial charge in [-0.2, -0.15) is 0 Å². The molecule has 1 aromatic carbocycles. The summed E-state index contributed by atoms with van der Waals surface area (Å²) in [5.41, 5.74) is 7.49. The average Bonchev–Trinajstić information content (AvgIpc) is 2.84. The van der Waals surface area contributed by atoms with Gasteiger partial charge in [0.05, 0.1) is 0 Å². The van der Waals surface area contributed by atoms with E-state index in [1.165, 1.54) is 0 Å². The van der Waals surface area contributed by atoms with E-state index in [0.717, 1.165) is 24.2 Å². The molecular formula is C16H24ClN3O2. The van der Waals surface area contributed by atoms with Crippen molar-refractivity contribution >= 4 is 29.9 Å². The van der Waals surface area contributed by atoms with Crippen molar-refractivity contribution in [3.63, 3.8) is 0 Å². The van der Waals surface area contributed by atoms with Crippen LogP contribution in [0.5, 0.6) is 0 Å². The number of hydrogen-bond donors (Lipinski definition) is 2. The molecule has 0 aromatic heterocycles. The number of amides is 2. The number of nitrogens with one attached hydrogen (secondary N) is 1. The van der Waals surface area contributed by atoms with Gasteiger partial charge in [-0.25, -0.2) is 0 Å². The molecule has 1 saturated heterocycles. The van der Waals surface area contributed by atoms with E-state index in [-0.39, 0.29) is 30.3 Å². The Kier molecular flexibility index (Phi) is 7.35. The maximum Gasteiger partial charge on any atom is 0.224 e. The molecule has 1 aromatic rings. The van der Waals surface area contributed by atoms with Crippen LogP contribution in [0.25, 0.3) is 0 Å². The summed E-state index contributed by atoms with van der Waals surface area (Å²) in [6, 6.07) is 7.69. The van der Waals surface area contributed by atoms with Crippen molar-refractivity contribution < 1.29 is 9.59 Å². The van der Waals surface area contributed by atoms with Gasteiger partial charge >= 0.3 is 0 Å². The fourth-order valence-electron chi connectivity index (χ4n) is 2.37. The normalized spacial score (nSPS) is 15.4. The number of carbonyl (C=O) groups excluding carboxylic acids is 2. The van der Waals surface area contributed by atoms with Crippen molar-refractivity contribution in [1.29, 1.82) is 0 Å². The third-order valence-corrected chi connectivity index (χ3v) is 3.61. The van der Waals surface area contributed by atoms with Crippen molar-refractivity contribution in [2.45, 2.75) is 45.2 Å². The minimum absolute atomic E-state index is 0. The van der Waals surface area contributed by atoms with Crippen molar-refractivity contribution in [2.24, 2.45) is 5.73 Å². The SMILES string of the molecule is CC(N)CCC(=O)Nc1ccc(CN2CCCC2=O)cc1.Cl. The molecule has 5 nitrogen and oxygen atoms in total. The zero-order valence-electron chi connectivity index (χ0n) is 12.9. The smallest absolute Gasteiger partial charge is 0.224 e. The molecule has 1 fully saturated rings. The maximum atomic E-state index is 11.7. The van der Waals surface area contributed by atoms with Gasteiger partial charge in [-0.3, -0.25) is 9.59 Å². The van der Waals surface area contributed by atoms with Crippen LogP contribution >= 0.6 is 12.4 Å². The fraction of sp³-hybridized carbons (Fsp3) is 0.500. The molecule has 1 atom stereocenters. The summed E-state index contributed by atoms with van der Waals surface area (Å²) >= 11 is 0. The van der Waals surface area contributed by atoms with Gasteiger partial charge in [-0.15, -0.1) is 12.4 Å². The van der Waals surface area contributed by atoms with Crippen LogP contribution in [-0.4, -0.2) is 29.3 Å². The van der Waals surface area contributed by atoms with Crippen LogP contribution in [0.1, 0.15) is 38.2 Å². The van der Waals surface area contributed by atoms with E-state index in [0.29, 0.717) is 25.8 Å². The molecule has 3 N–H and O–H groups in total. The van der Waals surface area contributed by atoms with E-state index >= 15 is 0 Å². The standard InChI is InChI=1S/C16H23N3O2.ClH/c1-12(17)4-9-15(20)18-14-7-5-13(6-8-14)11-19-10-2-3-16(19)21;/h5-8,12H,2-4,9-11,17H2,1H3,(H,18,20);1H. The molecule has 0 radical (unpaired) electrons. The first-order chi connectivity index (χ1) is 10.0. The summed E-state index contributed by atoms with van der Waals surface area (Å²) in [6.45, 7) is 3.38. The number of hydrogen-bond acceptors (Lipinski definition) is 3. The van der Waals surface area contributed by atoms with E-state index < -0.39 is 0 Å². The van der Waals surface area contributed by atoms with Gasteiger partial charge in [-0.1, -0.05) is 12.1 Å². The van der Waals surface area contributed by atoms with Crippen LogP contribution < -0.4 is 11.1 Å². The van der Waals surface area contributed by atoms with Crippen LogP contribution in [0.15, 0.2) is 24.3 Å². The molecule has 6 heteroatoms. The Morgan fingerprint density at radius 2 is 2.05 bits per heavy atom. The highest BCUT2D eigenvalue weighted by atomic mass is 35.5. The minimum Gasteiger partial charge on any atom is -0.338 e. The number of anilines is 1. The third-order valence-electron chi connectivity index (χ3n) is 3.61. The summed E-state index contributed by atoms with van der Waals surface area (Å²) in [5, 5.41) is 2.85. The molecule has 1 unspecified atom stereocenters. The van der Waals surface area contributed by atoms with Crippen molar-refractivity contribution in [1.82, 2.24) is 4.90 Å². The Hall–Kier alpha value is -1.59. The fourth-order valence-corrected chi connectivity index (χ4v) is 2.37. The van der Waals surface area contributed by atoms with E-state index in [9.17, 15) is 9.59 Å². The monoisotopic (exact) mass is 325 g/mol. The number of nitrogens with zero attached hydrogens (tertiary/aromatic N) is 1. The molecule has 0 aliphatic carbocycles. The highest BCUT2D eigenvalue weighted by Gasteiger charge is 2.19. The Morgan fingerprint density at radius 3 is 2.59 bits per heavy atom. The molecule has 0 saturated carbocycles. The molecule has 1 aliphatic rings. The van der Waals surface area contributed by atoms with Gasteiger partial charge in [0, 0.05) is 37.7 Å². The Labute approximate surface area is 137 Å². The second kappa shape index (κ2) is 8.76. The van der Waals surface area contributed by atoms with Crippen LogP contribution in [0.4, 0.5) is 5.69 Å². The highest BCUT2D eigenvalue weighted by molar-refractivity contribution is 5.90. The number of likely N-dealkylation sites (tertiary alicyclic amines) is 1. The van der Waals surface area contributed by atoms with E-state index in [4.69, 9.17) is 5.73 Å².